The molecule has 0 aromatic heterocycles. The van der Waals surface area contributed by atoms with Crippen LogP contribution in [0.2, 0.25) is 0 Å². The van der Waals surface area contributed by atoms with Gasteiger partial charge in [0.05, 0.1) is 6.61 Å². The zero-order chi connectivity index (χ0) is 15.8. The number of aliphatic carboxylic acids is 1. The van der Waals surface area contributed by atoms with Gasteiger partial charge in [0.15, 0.2) is 0 Å². The summed E-state index contributed by atoms with van der Waals surface area (Å²) in [6, 6.07) is -0.353. The van der Waals surface area contributed by atoms with E-state index in [1.54, 1.807) is 18.9 Å². The number of hydrogen-bond acceptors (Lipinski definition) is 3. The molecule has 118 valence electrons. The van der Waals surface area contributed by atoms with Crippen molar-refractivity contribution in [3.05, 3.63) is 0 Å². The molecule has 0 aromatic rings. The predicted molar refractivity (Wildman–Crippen MR) is 77.8 cm³/mol. The van der Waals surface area contributed by atoms with Gasteiger partial charge in [-0.2, -0.15) is 0 Å². The number of nitrogens with one attached hydrogen (secondary N) is 1. The zero-order valence-corrected chi connectivity index (χ0v) is 13.2. The van der Waals surface area contributed by atoms with Crippen molar-refractivity contribution < 1.29 is 19.4 Å². The third kappa shape index (κ3) is 6.23. The fourth-order valence-electron chi connectivity index (χ4n) is 1.96. The Bertz CT molecular complexity index is 320. The maximum Gasteiger partial charge on any atom is 0.329 e. The molecule has 0 aliphatic rings. The first kappa shape index (κ1) is 18.7. The van der Waals surface area contributed by atoms with Crippen LogP contribution in [-0.2, 0) is 9.53 Å². The van der Waals surface area contributed by atoms with Crippen LogP contribution in [0.4, 0.5) is 4.79 Å². The summed E-state index contributed by atoms with van der Waals surface area (Å²) in [5.41, 5.74) is -1.23. The Kier molecular flexibility index (Phi) is 8.22. The monoisotopic (exact) mass is 288 g/mol. The molecule has 1 unspecified atom stereocenters. The first-order chi connectivity index (χ1) is 9.26. The molecule has 0 bridgehead atoms. The molecule has 2 amide bonds. The molecular weight excluding hydrogens is 260 g/mol. The van der Waals surface area contributed by atoms with Crippen LogP contribution in [0.1, 0.15) is 40.5 Å². The molecule has 1 atom stereocenters. The number of rotatable bonds is 9. The number of nitrogens with zero attached hydrogens (tertiary/aromatic N) is 1. The lowest BCUT2D eigenvalue weighted by Gasteiger charge is -2.31. The quantitative estimate of drug-likeness (QED) is 0.679. The fourth-order valence-corrected chi connectivity index (χ4v) is 1.96. The van der Waals surface area contributed by atoms with Crippen molar-refractivity contribution in [3.8, 4) is 0 Å². The van der Waals surface area contributed by atoms with Gasteiger partial charge in [-0.15, -0.1) is 0 Å². The van der Waals surface area contributed by atoms with E-state index in [0.717, 1.165) is 0 Å². The number of hydrogen-bond donors (Lipinski definition) is 2. The molecule has 0 aliphatic carbocycles. The van der Waals surface area contributed by atoms with E-state index in [-0.39, 0.29) is 6.03 Å². The first-order valence-electron chi connectivity index (χ1n) is 7.06. The SMILES string of the molecule is CCCC(C)(NC(=O)N(CCOC)CC(C)C)C(=O)O. The summed E-state index contributed by atoms with van der Waals surface area (Å²) < 4.78 is 4.99. The van der Waals surface area contributed by atoms with Crippen LogP contribution in [0.15, 0.2) is 0 Å². The van der Waals surface area contributed by atoms with Crippen LogP contribution < -0.4 is 5.32 Å². The topological polar surface area (TPSA) is 78.9 Å². The zero-order valence-electron chi connectivity index (χ0n) is 13.2. The number of carbonyl (C=O) groups excluding carboxylic acids is 1. The minimum atomic E-state index is -1.23. The smallest absolute Gasteiger partial charge is 0.329 e. The molecule has 0 saturated heterocycles. The third-order valence-electron chi connectivity index (χ3n) is 3.04. The summed E-state index contributed by atoms with van der Waals surface area (Å²) in [4.78, 5) is 25.2. The number of amides is 2. The van der Waals surface area contributed by atoms with Crippen LogP contribution in [0, 0.1) is 5.92 Å². The number of carboxylic acid groups (broad SMARTS) is 1. The molecule has 0 aliphatic heterocycles. The number of ether oxygens (including phenoxy) is 1. The molecule has 0 heterocycles. The highest BCUT2D eigenvalue weighted by Gasteiger charge is 2.35. The van der Waals surface area contributed by atoms with E-state index in [1.807, 2.05) is 20.8 Å². The number of carbonyl (C=O) groups is 2. The van der Waals surface area contributed by atoms with E-state index in [4.69, 9.17) is 4.74 Å². The van der Waals surface area contributed by atoms with Gasteiger partial charge in [0.25, 0.3) is 0 Å². The highest BCUT2D eigenvalue weighted by molar-refractivity contribution is 5.85. The van der Waals surface area contributed by atoms with E-state index in [0.29, 0.717) is 38.5 Å². The van der Waals surface area contributed by atoms with E-state index in [1.165, 1.54) is 0 Å². The summed E-state index contributed by atoms with van der Waals surface area (Å²) in [5, 5.41) is 11.9. The molecule has 0 saturated carbocycles. The molecular formula is C14H28N2O4. The second-order valence-corrected chi connectivity index (χ2v) is 5.65. The predicted octanol–water partition coefficient (Wildman–Crippen LogP) is 1.94. The molecule has 0 fully saturated rings. The Morgan fingerprint density at radius 3 is 2.40 bits per heavy atom. The standard InChI is InChI=1S/C14H28N2O4/c1-6-7-14(4,12(17)18)15-13(19)16(8-9-20-5)10-11(2)3/h11H,6-10H2,1-5H3,(H,15,19)(H,17,18). The van der Waals surface area contributed by atoms with Crippen molar-refractivity contribution in [3.63, 3.8) is 0 Å². The maximum atomic E-state index is 12.3. The van der Waals surface area contributed by atoms with Gasteiger partial charge < -0.3 is 20.1 Å². The largest absolute Gasteiger partial charge is 0.480 e. The minimum absolute atomic E-state index is 0.305. The highest BCUT2D eigenvalue weighted by Crippen LogP contribution is 2.13. The Labute approximate surface area is 121 Å². The Morgan fingerprint density at radius 1 is 1.40 bits per heavy atom. The molecule has 20 heavy (non-hydrogen) atoms. The van der Waals surface area contributed by atoms with Gasteiger partial charge in [-0.3, -0.25) is 0 Å². The fraction of sp³-hybridized carbons (Fsp3) is 0.857. The van der Waals surface area contributed by atoms with Crippen molar-refractivity contribution in [1.29, 1.82) is 0 Å². The molecule has 6 nitrogen and oxygen atoms in total. The van der Waals surface area contributed by atoms with Gasteiger partial charge in [-0.25, -0.2) is 9.59 Å². The van der Waals surface area contributed by atoms with Gasteiger partial charge in [-0.1, -0.05) is 27.2 Å². The maximum absolute atomic E-state index is 12.3. The molecule has 6 heteroatoms. The number of methoxy groups -OCH3 is 1. The molecule has 2 N–H and O–H groups in total. The normalized spacial score (nSPS) is 13.9. The first-order valence-corrected chi connectivity index (χ1v) is 7.06. The van der Waals surface area contributed by atoms with Crippen LogP contribution in [0.25, 0.3) is 0 Å². The third-order valence-corrected chi connectivity index (χ3v) is 3.04. The van der Waals surface area contributed by atoms with Gasteiger partial charge in [-0.05, 0) is 19.3 Å². The average Bonchev–Trinajstić information content (AvgIpc) is 2.33. The molecule has 0 spiro atoms. The van der Waals surface area contributed by atoms with Crippen molar-refractivity contribution in [1.82, 2.24) is 10.2 Å². The lowest BCUT2D eigenvalue weighted by atomic mass is 9.96. The van der Waals surface area contributed by atoms with Gasteiger partial charge >= 0.3 is 12.0 Å². The van der Waals surface area contributed by atoms with Crippen LogP contribution in [-0.4, -0.2) is 54.4 Å². The van der Waals surface area contributed by atoms with Crippen LogP contribution in [0.5, 0.6) is 0 Å². The van der Waals surface area contributed by atoms with E-state index in [9.17, 15) is 14.7 Å². The van der Waals surface area contributed by atoms with Crippen molar-refractivity contribution in [2.24, 2.45) is 5.92 Å². The summed E-state index contributed by atoms with van der Waals surface area (Å²) >= 11 is 0. The Balaban J connectivity index is 4.82. The van der Waals surface area contributed by atoms with Crippen molar-refractivity contribution in [2.45, 2.75) is 46.1 Å². The lowest BCUT2D eigenvalue weighted by molar-refractivity contribution is -0.144. The molecule has 0 aromatic carbocycles. The van der Waals surface area contributed by atoms with E-state index < -0.39 is 11.5 Å². The van der Waals surface area contributed by atoms with Gasteiger partial charge in [0.2, 0.25) is 0 Å². The number of carboxylic acids is 1. The van der Waals surface area contributed by atoms with Gasteiger partial charge in [0, 0.05) is 20.2 Å². The highest BCUT2D eigenvalue weighted by atomic mass is 16.5. The average molecular weight is 288 g/mol. The van der Waals surface area contributed by atoms with Gasteiger partial charge in [0.1, 0.15) is 5.54 Å². The van der Waals surface area contributed by atoms with Crippen molar-refractivity contribution >= 4 is 12.0 Å². The van der Waals surface area contributed by atoms with Crippen LogP contribution >= 0.6 is 0 Å². The summed E-state index contributed by atoms with van der Waals surface area (Å²) in [6.45, 7) is 8.90. The summed E-state index contributed by atoms with van der Waals surface area (Å²) in [6.07, 6.45) is 1.08. The molecule has 0 rings (SSSR count). The second kappa shape index (κ2) is 8.79. The summed E-state index contributed by atoms with van der Waals surface area (Å²) in [7, 11) is 1.57. The van der Waals surface area contributed by atoms with E-state index >= 15 is 0 Å². The lowest BCUT2D eigenvalue weighted by Crippen LogP contribution is -2.56. The van der Waals surface area contributed by atoms with Crippen molar-refractivity contribution in [2.75, 3.05) is 26.8 Å². The second-order valence-electron chi connectivity index (χ2n) is 5.65. The Morgan fingerprint density at radius 2 is 2.00 bits per heavy atom. The Hall–Kier alpha value is -1.30. The number of urea groups is 1. The minimum Gasteiger partial charge on any atom is -0.480 e. The van der Waals surface area contributed by atoms with Crippen LogP contribution in [0.3, 0.4) is 0 Å². The summed E-state index contributed by atoms with van der Waals surface area (Å²) in [5.74, 6) is -0.705. The van der Waals surface area contributed by atoms with E-state index in [2.05, 4.69) is 5.32 Å². The molecule has 0 radical (unpaired) electrons.